The summed E-state index contributed by atoms with van der Waals surface area (Å²) >= 11 is 11.7. The second-order valence-electron chi connectivity index (χ2n) is 5.99. The van der Waals surface area contributed by atoms with Crippen LogP contribution < -0.4 is 5.32 Å². The predicted molar refractivity (Wildman–Crippen MR) is 106 cm³/mol. The van der Waals surface area contributed by atoms with Crippen molar-refractivity contribution in [1.29, 1.82) is 0 Å². The number of benzene rings is 1. The number of carbonyl (C=O) groups is 2. The van der Waals surface area contributed by atoms with Gasteiger partial charge in [-0.2, -0.15) is 5.10 Å². The highest BCUT2D eigenvalue weighted by atomic mass is 35.5. The summed E-state index contributed by atoms with van der Waals surface area (Å²) in [6.07, 6.45) is 1.35. The number of hydrogen-bond acceptors (Lipinski definition) is 5. The highest BCUT2D eigenvalue weighted by Crippen LogP contribution is 2.22. The molecule has 0 fully saturated rings. The molecule has 1 aromatic carbocycles. The van der Waals surface area contributed by atoms with Gasteiger partial charge in [-0.3, -0.25) is 4.79 Å². The van der Waals surface area contributed by atoms with Gasteiger partial charge in [0.05, 0.1) is 27.0 Å². The fourth-order valence-electron chi connectivity index (χ4n) is 2.52. The van der Waals surface area contributed by atoms with Crippen molar-refractivity contribution in [3.63, 3.8) is 0 Å². The summed E-state index contributed by atoms with van der Waals surface area (Å²) < 4.78 is 6.81. The summed E-state index contributed by atoms with van der Waals surface area (Å²) in [4.78, 5) is 28.0. The summed E-state index contributed by atoms with van der Waals surface area (Å²) in [6.45, 7) is 3.38. The number of amides is 1. The molecule has 3 rings (SSSR count). The third-order valence-corrected chi connectivity index (χ3v) is 4.25. The first-order valence-electron chi connectivity index (χ1n) is 8.25. The van der Waals surface area contributed by atoms with Crippen LogP contribution in [0.15, 0.2) is 42.6 Å². The van der Waals surface area contributed by atoms with Crippen LogP contribution in [0.5, 0.6) is 0 Å². The van der Waals surface area contributed by atoms with Crippen molar-refractivity contribution in [3.05, 3.63) is 69.6 Å². The molecule has 3 aromatic rings. The summed E-state index contributed by atoms with van der Waals surface area (Å²) in [6, 6.07) is 10.2. The van der Waals surface area contributed by atoms with E-state index >= 15 is 0 Å². The minimum absolute atomic E-state index is 0.140. The van der Waals surface area contributed by atoms with Gasteiger partial charge in [-0.15, -0.1) is 0 Å². The number of aryl methyl sites for hydroxylation is 2. The summed E-state index contributed by atoms with van der Waals surface area (Å²) in [5.74, 6) is -1.05. The monoisotopic (exact) mass is 418 g/mol. The van der Waals surface area contributed by atoms with Gasteiger partial charge in [0.25, 0.3) is 5.91 Å². The first-order chi connectivity index (χ1) is 13.3. The Morgan fingerprint density at radius 2 is 1.86 bits per heavy atom. The van der Waals surface area contributed by atoms with Crippen LogP contribution in [-0.4, -0.2) is 33.2 Å². The Hall–Kier alpha value is -2.90. The summed E-state index contributed by atoms with van der Waals surface area (Å²) in [7, 11) is 0. The van der Waals surface area contributed by atoms with Crippen LogP contribution in [0.25, 0.3) is 5.69 Å². The molecule has 1 N–H and O–H groups in total. The number of aromatic nitrogens is 3. The zero-order valence-corrected chi connectivity index (χ0v) is 16.6. The lowest BCUT2D eigenvalue weighted by molar-refractivity contribution is -0.119. The van der Waals surface area contributed by atoms with Gasteiger partial charge in [-0.1, -0.05) is 23.2 Å². The molecule has 0 atom stereocenters. The molecule has 0 aliphatic rings. The topological polar surface area (TPSA) is 86.1 Å². The zero-order valence-electron chi connectivity index (χ0n) is 15.1. The van der Waals surface area contributed by atoms with Crippen molar-refractivity contribution in [2.75, 3.05) is 11.9 Å². The van der Waals surface area contributed by atoms with E-state index < -0.39 is 18.5 Å². The molecule has 0 saturated heterocycles. The van der Waals surface area contributed by atoms with Gasteiger partial charge < -0.3 is 10.1 Å². The van der Waals surface area contributed by atoms with E-state index in [2.05, 4.69) is 15.4 Å². The van der Waals surface area contributed by atoms with Crippen molar-refractivity contribution in [3.8, 4) is 5.69 Å². The van der Waals surface area contributed by atoms with Gasteiger partial charge in [0, 0.05) is 11.9 Å². The van der Waals surface area contributed by atoms with E-state index in [1.165, 1.54) is 12.3 Å². The molecule has 144 valence electrons. The largest absolute Gasteiger partial charge is 0.452 e. The predicted octanol–water partition coefficient (Wildman–Crippen LogP) is 3.99. The Morgan fingerprint density at radius 1 is 1.14 bits per heavy atom. The Bertz CT molecular complexity index is 1030. The number of rotatable bonds is 5. The lowest BCUT2D eigenvalue weighted by Crippen LogP contribution is -2.21. The number of anilines is 1. The minimum atomic E-state index is -0.620. The first-order valence-corrected chi connectivity index (χ1v) is 9.01. The Labute approximate surface area is 171 Å². The maximum absolute atomic E-state index is 12.1. The Kier molecular flexibility index (Phi) is 5.96. The van der Waals surface area contributed by atoms with E-state index in [9.17, 15) is 9.59 Å². The molecule has 9 heteroatoms. The average molecular weight is 419 g/mol. The number of pyridine rings is 1. The number of nitrogens with zero attached hydrogens (tertiary/aromatic N) is 3. The molecular weight excluding hydrogens is 403 g/mol. The molecule has 0 spiro atoms. The molecule has 28 heavy (non-hydrogen) atoms. The van der Waals surface area contributed by atoms with Gasteiger partial charge in [0.1, 0.15) is 0 Å². The Morgan fingerprint density at radius 3 is 2.46 bits per heavy atom. The van der Waals surface area contributed by atoms with Gasteiger partial charge in [0.2, 0.25) is 0 Å². The van der Waals surface area contributed by atoms with Crippen molar-refractivity contribution in [2.24, 2.45) is 0 Å². The normalized spacial score (nSPS) is 10.6. The third-order valence-electron chi connectivity index (χ3n) is 3.76. The molecule has 7 nitrogen and oxygen atoms in total. The first kappa shape index (κ1) is 19.9. The second-order valence-corrected chi connectivity index (χ2v) is 6.84. The van der Waals surface area contributed by atoms with Crippen molar-refractivity contribution in [1.82, 2.24) is 14.8 Å². The lowest BCUT2D eigenvalue weighted by Gasteiger charge is -2.08. The highest BCUT2D eigenvalue weighted by molar-refractivity contribution is 6.36. The van der Waals surface area contributed by atoms with E-state index in [1.807, 2.05) is 19.9 Å². The second kappa shape index (κ2) is 8.41. The molecule has 0 radical (unpaired) electrons. The molecule has 0 saturated carbocycles. The molecule has 0 aliphatic heterocycles. The number of nitrogens with one attached hydrogen (secondary N) is 1. The van der Waals surface area contributed by atoms with Crippen LogP contribution in [0.2, 0.25) is 10.0 Å². The smallest absolute Gasteiger partial charge is 0.338 e. The van der Waals surface area contributed by atoms with E-state index in [1.54, 1.807) is 28.9 Å². The van der Waals surface area contributed by atoms with Crippen LogP contribution in [0.4, 0.5) is 5.82 Å². The molecule has 0 unspecified atom stereocenters. The van der Waals surface area contributed by atoms with Crippen LogP contribution in [-0.2, 0) is 9.53 Å². The third kappa shape index (κ3) is 4.68. The maximum Gasteiger partial charge on any atom is 0.338 e. The fraction of sp³-hybridized carbons (Fsp3) is 0.158. The number of halogens is 2. The van der Waals surface area contributed by atoms with Crippen molar-refractivity contribution in [2.45, 2.75) is 13.8 Å². The molecule has 0 bridgehead atoms. The van der Waals surface area contributed by atoms with Crippen molar-refractivity contribution < 1.29 is 14.3 Å². The SMILES string of the molecule is Cc1cc(C)n(-c2ccc(C(=O)OCC(=O)Nc3ncc(Cl)cc3Cl)cc2)n1. The van der Waals surface area contributed by atoms with Crippen LogP contribution in [0, 0.1) is 13.8 Å². The Balaban J connectivity index is 1.58. The van der Waals surface area contributed by atoms with Gasteiger partial charge in [-0.25, -0.2) is 14.5 Å². The minimum Gasteiger partial charge on any atom is -0.452 e. The summed E-state index contributed by atoms with van der Waals surface area (Å²) in [5, 5.41) is 7.38. The molecule has 2 aromatic heterocycles. The van der Waals surface area contributed by atoms with Crippen molar-refractivity contribution >= 4 is 40.9 Å². The van der Waals surface area contributed by atoms with E-state index in [4.69, 9.17) is 27.9 Å². The molecule has 0 aliphatic carbocycles. The van der Waals surface area contributed by atoms with E-state index in [-0.39, 0.29) is 10.8 Å². The summed E-state index contributed by atoms with van der Waals surface area (Å²) in [5.41, 5.74) is 3.03. The number of esters is 1. The zero-order chi connectivity index (χ0) is 20.3. The standard InChI is InChI=1S/C19H16Cl2N4O3/c1-11-7-12(2)25(24-11)15-5-3-13(4-6-15)19(27)28-10-17(26)23-18-16(21)8-14(20)9-22-18/h3-9H,10H2,1-2H3,(H,22,23,26). The molecular formula is C19H16Cl2N4O3. The highest BCUT2D eigenvalue weighted by Gasteiger charge is 2.13. The number of carbonyl (C=O) groups excluding carboxylic acids is 2. The number of hydrogen-bond donors (Lipinski definition) is 1. The van der Waals surface area contributed by atoms with E-state index in [0.717, 1.165) is 17.1 Å². The average Bonchev–Trinajstić information content (AvgIpc) is 3.00. The van der Waals surface area contributed by atoms with Crippen LogP contribution >= 0.6 is 23.2 Å². The van der Waals surface area contributed by atoms with Gasteiger partial charge in [0.15, 0.2) is 12.4 Å². The van der Waals surface area contributed by atoms with Gasteiger partial charge in [-0.05, 0) is 50.2 Å². The quantitative estimate of drug-likeness (QED) is 0.633. The molecule has 2 heterocycles. The number of ether oxygens (including phenoxy) is 1. The van der Waals surface area contributed by atoms with Crippen LogP contribution in [0.1, 0.15) is 21.7 Å². The van der Waals surface area contributed by atoms with E-state index in [0.29, 0.717) is 10.6 Å². The van der Waals surface area contributed by atoms with Crippen LogP contribution in [0.3, 0.4) is 0 Å². The maximum atomic E-state index is 12.1. The fourth-order valence-corrected chi connectivity index (χ4v) is 2.95. The molecule has 1 amide bonds. The van der Waals surface area contributed by atoms with Gasteiger partial charge >= 0.3 is 5.97 Å². The lowest BCUT2D eigenvalue weighted by atomic mass is 10.2.